The molecule has 0 aliphatic carbocycles. The second-order valence-electron chi connectivity index (χ2n) is 6.56. The standard InChI is InChI=1S/C22H21N7O4/c1-4-16-18(6-5-9-23-16)33-22-27-20(26-21(28-22)32-3)25-14-7-8-17(19(10-14)31-2)29-11-15(12-30)24-13-29/h4-11,13,30H,1,12H2,2-3H3,(H,25,26,27,28). The summed E-state index contributed by atoms with van der Waals surface area (Å²) in [6.45, 7) is 3.58. The van der Waals surface area contributed by atoms with Crippen LogP contribution < -0.4 is 19.5 Å². The van der Waals surface area contributed by atoms with E-state index in [4.69, 9.17) is 14.2 Å². The molecule has 1 aromatic carbocycles. The number of methoxy groups -OCH3 is 2. The van der Waals surface area contributed by atoms with Crippen molar-refractivity contribution in [2.45, 2.75) is 6.61 Å². The Labute approximate surface area is 189 Å². The monoisotopic (exact) mass is 447 g/mol. The molecule has 0 aliphatic rings. The van der Waals surface area contributed by atoms with Crippen LogP contribution in [0.25, 0.3) is 11.8 Å². The lowest BCUT2D eigenvalue weighted by atomic mass is 10.2. The molecule has 0 amide bonds. The fraction of sp³-hybridized carbons (Fsp3) is 0.136. The predicted octanol–water partition coefficient (Wildman–Crippen LogP) is 3.14. The molecule has 0 saturated heterocycles. The van der Waals surface area contributed by atoms with Crippen LogP contribution in [0.4, 0.5) is 11.6 Å². The molecular formula is C22H21N7O4. The molecule has 3 aromatic heterocycles. The van der Waals surface area contributed by atoms with E-state index in [0.717, 1.165) is 5.69 Å². The van der Waals surface area contributed by atoms with Gasteiger partial charge in [0.15, 0.2) is 5.75 Å². The van der Waals surface area contributed by atoms with Gasteiger partial charge in [0.05, 0.1) is 38.5 Å². The first kappa shape index (κ1) is 21.7. The fourth-order valence-electron chi connectivity index (χ4n) is 2.95. The highest BCUT2D eigenvalue weighted by atomic mass is 16.5. The molecule has 0 atom stereocenters. The molecule has 0 bridgehead atoms. The molecule has 0 saturated carbocycles. The number of aromatic nitrogens is 6. The first-order valence-corrected chi connectivity index (χ1v) is 9.78. The number of nitrogens with one attached hydrogen (secondary N) is 1. The zero-order chi connectivity index (χ0) is 23.2. The van der Waals surface area contributed by atoms with Crippen molar-refractivity contribution >= 4 is 17.7 Å². The van der Waals surface area contributed by atoms with Gasteiger partial charge in [-0.1, -0.05) is 6.58 Å². The Kier molecular flexibility index (Phi) is 6.41. The molecule has 2 N–H and O–H groups in total. The summed E-state index contributed by atoms with van der Waals surface area (Å²) in [5, 5.41) is 12.4. The van der Waals surface area contributed by atoms with Crippen molar-refractivity contribution in [3.8, 4) is 29.2 Å². The number of anilines is 2. The largest absolute Gasteiger partial charge is 0.494 e. The molecule has 0 fully saturated rings. The first-order valence-electron chi connectivity index (χ1n) is 9.78. The highest BCUT2D eigenvalue weighted by Crippen LogP contribution is 2.29. The number of nitrogens with zero attached hydrogens (tertiary/aromatic N) is 6. The molecule has 0 unspecified atom stereocenters. The minimum atomic E-state index is -0.145. The van der Waals surface area contributed by atoms with Gasteiger partial charge in [-0.3, -0.25) is 4.98 Å². The van der Waals surface area contributed by atoms with Crippen molar-refractivity contribution in [1.29, 1.82) is 0 Å². The smallest absolute Gasteiger partial charge is 0.330 e. The minimum absolute atomic E-state index is 0.0268. The lowest BCUT2D eigenvalue weighted by Gasteiger charge is -2.13. The van der Waals surface area contributed by atoms with Crippen LogP contribution in [0.15, 0.2) is 55.6 Å². The SMILES string of the molecule is C=Cc1ncccc1Oc1nc(Nc2ccc(-n3cnc(CO)c3)c(OC)c2)nc(OC)n1. The summed E-state index contributed by atoms with van der Waals surface area (Å²) in [4.78, 5) is 21.0. The van der Waals surface area contributed by atoms with Crippen LogP contribution in [-0.4, -0.2) is 48.8 Å². The van der Waals surface area contributed by atoms with Crippen molar-refractivity contribution in [2.24, 2.45) is 0 Å². The van der Waals surface area contributed by atoms with Gasteiger partial charge in [-0.2, -0.15) is 9.97 Å². The van der Waals surface area contributed by atoms with Crippen LogP contribution in [0.5, 0.6) is 23.5 Å². The van der Waals surface area contributed by atoms with E-state index < -0.39 is 0 Å². The maximum Gasteiger partial charge on any atom is 0.330 e. The summed E-state index contributed by atoms with van der Waals surface area (Å²) in [6, 6.07) is 9.01. The maximum atomic E-state index is 9.26. The summed E-state index contributed by atoms with van der Waals surface area (Å²) < 4.78 is 18.3. The van der Waals surface area contributed by atoms with Crippen molar-refractivity contribution in [3.63, 3.8) is 0 Å². The molecule has 33 heavy (non-hydrogen) atoms. The van der Waals surface area contributed by atoms with Crippen LogP contribution in [0.1, 0.15) is 11.4 Å². The van der Waals surface area contributed by atoms with Gasteiger partial charge in [-0.15, -0.1) is 4.98 Å². The number of rotatable bonds is 9. The van der Waals surface area contributed by atoms with Crippen molar-refractivity contribution in [1.82, 2.24) is 29.5 Å². The van der Waals surface area contributed by atoms with Crippen molar-refractivity contribution in [2.75, 3.05) is 19.5 Å². The van der Waals surface area contributed by atoms with E-state index in [9.17, 15) is 5.11 Å². The van der Waals surface area contributed by atoms with Crippen LogP contribution in [0, 0.1) is 0 Å². The molecule has 4 rings (SSSR count). The highest BCUT2D eigenvalue weighted by molar-refractivity contribution is 5.62. The molecule has 0 aliphatic heterocycles. The zero-order valence-electron chi connectivity index (χ0n) is 18.0. The molecule has 168 valence electrons. The Hall–Kier alpha value is -4.51. The normalized spacial score (nSPS) is 10.5. The van der Waals surface area contributed by atoms with Crippen molar-refractivity contribution < 1.29 is 19.3 Å². The summed E-state index contributed by atoms with van der Waals surface area (Å²) in [5.74, 6) is 1.23. The Morgan fingerprint density at radius 1 is 1.06 bits per heavy atom. The Morgan fingerprint density at radius 3 is 2.64 bits per heavy atom. The van der Waals surface area contributed by atoms with Gasteiger partial charge >= 0.3 is 12.0 Å². The van der Waals surface area contributed by atoms with E-state index >= 15 is 0 Å². The van der Waals surface area contributed by atoms with Crippen LogP contribution >= 0.6 is 0 Å². The second-order valence-corrected chi connectivity index (χ2v) is 6.56. The number of benzene rings is 1. The summed E-state index contributed by atoms with van der Waals surface area (Å²) in [6.07, 6.45) is 6.54. The number of aliphatic hydroxyl groups is 1. The van der Waals surface area contributed by atoms with Gasteiger partial charge in [0.2, 0.25) is 5.95 Å². The third-order valence-electron chi connectivity index (χ3n) is 4.48. The fourth-order valence-corrected chi connectivity index (χ4v) is 2.95. The minimum Gasteiger partial charge on any atom is -0.494 e. The van der Waals surface area contributed by atoms with E-state index in [1.54, 1.807) is 54.7 Å². The highest BCUT2D eigenvalue weighted by Gasteiger charge is 2.13. The second kappa shape index (κ2) is 9.75. The third kappa shape index (κ3) is 4.88. The van der Waals surface area contributed by atoms with Gasteiger partial charge in [0, 0.05) is 24.1 Å². The Bertz CT molecular complexity index is 1280. The Balaban J connectivity index is 1.61. The van der Waals surface area contributed by atoms with E-state index in [1.165, 1.54) is 7.11 Å². The third-order valence-corrected chi connectivity index (χ3v) is 4.48. The topological polar surface area (TPSA) is 129 Å². The molecular weight excluding hydrogens is 426 g/mol. The van der Waals surface area contributed by atoms with Gasteiger partial charge in [-0.05, 0) is 30.3 Å². The lowest BCUT2D eigenvalue weighted by molar-refractivity contribution is 0.277. The maximum absolute atomic E-state index is 9.26. The van der Waals surface area contributed by atoms with E-state index in [-0.39, 0.29) is 24.6 Å². The number of aliphatic hydroxyl groups excluding tert-OH is 1. The van der Waals surface area contributed by atoms with Crippen molar-refractivity contribution in [3.05, 3.63) is 67.0 Å². The number of imidazole rings is 1. The Morgan fingerprint density at radius 2 is 1.91 bits per heavy atom. The summed E-state index contributed by atoms with van der Waals surface area (Å²) in [5.41, 5.74) is 2.51. The predicted molar refractivity (Wildman–Crippen MR) is 120 cm³/mol. The number of ether oxygens (including phenoxy) is 3. The molecule has 0 radical (unpaired) electrons. The molecule has 11 heteroatoms. The van der Waals surface area contributed by atoms with E-state index in [1.807, 2.05) is 12.1 Å². The lowest BCUT2D eigenvalue weighted by Crippen LogP contribution is -2.05. The number of hydrogen-bond donors (Lipinski definition) is 2. The van der Waals surface area contributed by atoms with Crippen LogP contribution in [-0.2, 0) is 6.61 Å². The summed E-state index contributed by atoms with van der Waals surface area (Å²) >= 11 is 0. The van der Waals surface area contributed by atoms with Gasteiger partial charge in [0.1, 0.15) is 11.4 Å². The molecule has 4 aromatic rings. The van der Waals surface area contributed by atoms with Gasteiger partial charge < -0.3 is 29.2 Å². The molecule has 0 spiro atoms. The van der Waals surface area contributed by atoms with Gasteiger partial charge in [0.25, 0.3) is 0 Å². The average molecular weight is 447 g/mol. The first-order chi connectivity index (χ1) is 16.1. The zero-order valence-corrected chi connectivity index (χ0v) is 18.0. The molecule has 3 heterocycles. The molecule has 11 nitrogen and oxygen atoms in total. The van der Waals surface area contributed by atoms with E-state index in [2.05, 4.69) is 36.8 Å². The summed E-state index contributed by atoms with van der Waals surface area (Å²) in [7, 11) is 3.02. The van der Waals surface area contributed by atoms with Crippen LogP contribution in [0.2, 0.25) is 0 Å². The number of pyridine rings is 1. The average Bonchev–Trinajstić information content (AvgIpc) is 3.33. The number of hydrogen-bond acceptors (Lipinski definition) is 10. The van der Waals surface area contributed by atoms with Crippen LogP contribution in [0.3, 0.4) is 0 Å². The quantitative estimate of drug-likeness (QED) is 0.395. The van der Waals surface area contributed by atoms with E-state index in [0.29, 0.717) is 28.6 Å². The van der Waals surface area contributed by atoms with Gasteiger partial charge in [-0.25, -0.2) is 4.98 Å².